The second kappa shape index (κ2) is 7.42. The average molecular weight is 405 g/mol. The van der Waals surface area contributed by atoms with Crippen molar-refractivity contribution in [2.45, 2.75) is 38.6 Å². The van der Waals surface area contributed by atoms with Crippen molar-refractivity contribution in [1.29, 1.82) is 0 Å². The van der Waals surface area contributed by atoms with Gasteiger partial charge in [-0.25, -0.2) is 22.8 Å². The smallest absolute Gasteiger partial charge is 0.237 e. The monoisotopic (exact) mass is 404 g/mol. The summed E-state index contributed by atoms with van der Waals surface area (Å²) in [5, 5.41) is 4.90. The molecule has 0 saturated carbocycles. The van der Waals surface area contributed by atoms with Gasteiger partial charge < -0.3 is 0 Å². The summed E-state index contributed by atoms with van der Waals surface area (Å²) in [5.74, 6) is 0.681. The SMILES string of the molecule is Cc1cc(S(=O)(=O)NC(C)c2cnn(-c3ccccn3)c2C)c(C)cc1Cl. The van der Waals surface area contributed by atoms with Crippen LogP contribution in [0.5, 0.6) is 0 Å². The lowest BCUT2D eigenvalue weighted by Crippen LogP contribution is -2.28. The van der Waals surface area contributed by atoms with Crippen molar-refractivity contribution >= 4 is 21.6 Å². The Hall–Kier alpha value is -2.22. The summed E-state index contributed by atoms with van der Waals surface area (Å²) < 4.78 is 30.2. The third kappa shape index (κ3) is 3.90. The minimum Gasteiger partial charge on any atom is -0.237 e. The molecule has 0 aliphatic heterocycles. The van der Waals surface area contributed by atoms with Gasteiger partial charge in [-0.1, -0.05) is 17.7 Å². The van der Waals surface area contributed by atoms with E-state index in [0.717, 1.165) is 16.8 Å². The zero-order chi connectivity index (χ0) is 19.8. The quantitative estimate of drug-likeness (QED) is 0.699. The number of sulfonamides is 1. The van der Waals surface area contributed by atoms with Crippen LogP contribution in [-0.2, 0) is 10.0 Å². The van der Waals surface area contributed by atoms with E-state index in [1.54, 1.807) is 50.0 Å². The second-order valence-electron chi connectivity index (χ2n) is 6.49. The van der Waals surface area contributed by atoms with E-state index in [1.807, 2.05) is 25.1 Å². The third-order valence-electron chi connectivity index (χ3n) is 4.46. The fraction of sp³-hybridized carbons (Fsp3) is 0.263. The van der Waals surface area contributed by atoms with Gasteiger partial charge in [0.05, 0.1) is 11.1 Å². The van der Waals surface area contributed by atoms with Crippen molar-refractivity contribution in [1.82, 2.24) is 19.5 Å². The highest BCUT2D eigenvalue weighted by Gasteiger charge is 2.23. The Morgan fingerprint density at radius 3 is 2.56 bits per heavy atom. The fourth-order valence-electron chi connectivity index (χ4n) is 2.96. The van der Waals surface area contributed by atoms with Crippen LogP contribution < -0.4 is 4.72 Å². The summed E-state index contributed by atoms with van der Waals surface area (Å²) in [5.41, 5.74) is 2.93. The van der Waals surface area contributed by atoms with Crippen molar-refractivity contribution in [2.24, 2.45) is 0 Å². The second-order valence-corrected chi connectivity index (χ2v) is 8.58. The third-order valence-corrected chi connectivity index (χ3v) is 6.55. The first-order valence-electron chi connectivity index (χ1n) is 8.45. The molecule has 2 aromatic heterocycles. The van der Waals surface area contributed by atoms with E-state index >= 15 is 0 Å². The topological polar surface area (TPSA) is 76.9 Å². The molecule has 0 spiro atoms. The number of hydrogen-bond donors (Lipinski definition) is 1. The Bertz CT molecular complexity index is 1080. The molecular formula is C19H21ClN4O2S. The molecule has 27 heavy (non-hydrogen) atoms. The minimum absolute atomic E-state index is 0.228. The molecule has 1 aromatic carbocycles. The molecule has 1 N–H and O–H groups in total. The van der Waals surface area contributed by atoms with Crippen LogP contribution >= 0.6 is 11.6 Å². The van der Waals surface area contributed by atoms with E-state index < -0.39 is 16.1 Å². The Morgan fingerprint density at radius 2 is 1.89 bits per heavy atom. The maximum absolute atomic E-state index is 12.9. The van der Waals surface area contributed by atoms with Gasteiger partial charge in [0.2, 0.25) is 10.0 Å². The number of pyridine rings is 1. The molecule has 6 nitrogen and oxygen atoms in total. The Balaban J connectivity index is 1.91. The molecule has 3 aromatic rings. The van der Waals surface area contributed by atoms with Gasteiger partial charge in [0.25, 0.3) is 0 Å². The first kappa shape index (κ1) is 19.5. The molecule has 8 heteroatoms. The number of nitrogens with one attached hydrogen (secondary N) is 1. The van der Waals surface area contributed by atoms with Crippen LogP contribution in [0.25, 0.3) is 5.82 Å². The van der Waals surface area contributed by atoms with Crippen molar-refractivity contribution < 1.29 is 8.42 Å². The molecule has 0 aliphatic rings. The van der Waals surface area contributed by atoms with Crippen LogP contribution in [-0.4, -0.2) is 23.2 Å². The van der Waals surface area contributed by atoms with Gasteiger partial charge >= 0.3 is 0 Å². The highest BCUT2D eigenvalue weighted by Crippen LogP contribution is 2.26. The van der Waals surface area contributed by atoms with Crippen LogP contribution in [0, 0.1) is 20.8 Å². The normalized spacial score (nSPS) is 12.9. The van der Waals surface area contributed by atoms with E-state index in [0.29, 0.717) is 16.4 Å². The molecule has 142 valence electrons. The minimum atomic E-state index is -3.71. The van der Waals surface area contributed by atoms with Crippen LogP contribution in [0.4, 0.5) is 0 Å². The largest absolute Gasteiger partial charge is 0.241 e. The summed E-state index contributed by atoms with van der Waals surface area (Å²) in [7, 11) is -3.71. The predicted molar refractivity (Wildman–Crippen MR) is 106 cm³/mol. The molecule has 0 aliphatic carbocycles. The van der Waals surface area contributed by atoms with Crippen LogP contribution in [0.2, 0.25) is 5.02 Å². The summed E-state index contributed by atoms with van der Waals surface area (Å²) in [6.45, 7) is 7.20. The molecule has 0 saturated heterocycles. The zero-order valence-electron chi connectivity index (χ0n) is 15.6. The summed E-state index contributed by atoms with van der Waals surface area (Å²) in [6, 6.07) is 8.36. The van der Waals surface area contributed by atoms with Gasteiger partial charge in [0.15, 0.2) is 5.82 Å². The number of hydrogen-bond acceptors (Lipinski definition) is 4. The van der Waals surface area contributed by atoms with Gasteiger partial charge in [-0.2, -0.15) is 5.10 Å². The summed E-state index contributed by atoms with van der Waals surface area (Å²) >= 11 is 6.09. The molecule has 0 radical (unpaired) electrons. The fourth-order valence-corrected chi connectivity index (χ4v) is 4.71. The average Bonchev–Trinajstić information content (AvgIpc) is 3.00. The first-order valence-corrected chi connectivity index (χ1v) is 10.3. The standard InChI is InChI=1S/C19H21ClN4O2S/c1-12-10-18(13(2)9-17(12)20)27(25,26)23-14(3)16-11-22-24(15(16)4)19-7-5-6-8-21-19/h5-11,14,23H,1-4H3. The highest BCUT2D eigenvalue weighted by atomic mass is 35.5. The highest BCUT2D eigenvalue weighted by molar-refractivity contribution is 7.89. The van der Waals surface area contributed by atoms with Crippen molar-refractivity contribution in [3.05, 3.63) is 70.1 Å². The van der Waals surface area contributed by atoms with Gasteiger partial charge in [-0.05, 0) is 63.1 Å². The molecule has 1 unspecified atom stereocenters. The number of aromatic nitrogens is 3. The van der Waals surface area contributed by atoms with Crippen molar-refractivity contribution in [3.8, 4) is 5.82 Å². The number of aryl methyl sites for hydroxylation is 2. The molecule has 0 amide bonds. The maximum atomic E-state index is 12.9. The Kier molecular flexibility index (Phi) is 5.37. The predicted octanol–water partition coefficient (Wildman–Crippen LogP) is 3.89. The van der Waals surface area contributed by atoms with Crippen LogP contribution in [0.3, 0.4) is 0 Å². The van der Waals surface area contributed by atoms with E-state index in [9.17, 15) is 8.42 Å². The van der Waals surface area contributed by atoms with E-state index in [-0.39, 0.29) is 4.90 Å². The summed E-state index contributed by atoms with van der Waals surface area (Å²) in [4.78, 5) is 4.51. The van der Waals surface area contributed by atoms with Crippen molar-refractivity contribution in [3.63, 3.8) is 0 Å². The van der Waals surface area contributed by atoms with Gasteiger partial charge in [0.1, 0.15) is 0 Å². The summed E-state index contributed by atoms with van der Waals surface area (Å²) in [6.07, 6.45) is 3.35. The number of halogens is 1. The Morgan fingerprint density at radius 1 is 1.15 bits per heavy atom. The van der Waals surface area contributed by atoms with E-state index in [1.165, 1.54) is 0 Å². The molecule has 0 fully saturated rings. The van der Waals surface area contributed by atoms with Gasteiger partial charge in [-0.15, -0.1) is 0 Å². The number of rotatable bonds is 5. The van der Waals surface area contributed by atoms with E-state index in [4.69, 9.17) is 11.6 Å². The number of benzene rings is 1. The zero-order valence-corrected chi connectivity index (χ0v) is 17.1. The molecule has 1 atom stereocenters. The molecular weight excluding hydrogens is 384 g/mol. The van der Waals surface area contributed by atoms with Crippen LogP contribution in [0.1, 0.15) is 35.3 Å². The number of nitrogens with zero attached hydrogens (tertiary/aromatic N) is 3. The molecule has 2 heterocycles. The van der Waals surface area contributed by atoms with Crippen LogP contribution in [0.15, 0.2) is 47.6 Å². The lowest BCUT2D eigenvalue weighted by molar-refractivity contribution is 0.565. The molecule has 0 bridgehead atoms. The van der Waals surface area contributed by atoms with E-state index in [2.05, 4.69) is 14.8 Å². The first-order chi connectivity index (χ1) is 12.7. The maximum Gasteiger partial charge on any atom is 0.241 e. The van der Waals surface area contributed by atoms with Crippen molar-refractivity contribution in [2.75, 3.05) is 0 Å². The Labute approximate surface area is 164 Å². The van der Waals surface area contributed by atoms with Gasteiger partial charge in [0, 0.05) is 28.5 Å². The molecule has 3 rings (SSSR count). The lowest BCUT2D eigenvalue weighted by atomic mass is 10.1. The lowest BCUT2D eigenvalue weighted by Gasteiger charge is -2.16. The van der Waals surface area contributed by atoms with Gasteiger partial charge in [-0.3, -0.25) is 0 Å².